The minimum Gasteiger partial charge on any atom is -0.333 e. The number of hydrogen-bond acceptors (Lipinski definition) is 6. The Morgan fingerprint density at radius 3 is 2.61 bits per heavy atom. The van der Waals surface area contributed by atoms with E-state index in [0.717, 1.165) is 23.4 Å². The van der Waals surface area contributed by atoms with Gasteiger partial charge in [0, 0.05) is 43.4 Å². The van der Waals surface area contributed by atoms with Gasteiger partial charge in [-0.25, -0.2) is 4.98 Å². The standard InChI is InChI=1S/C25H24N4O3S/c30-21(28-13-4-7-20(28)23-27-12-14-33-23)15-25(19-5-2-1-3-6-19)16-22(31)29(24(25)32)17-18-8-10-26-11-9-18/h1-3,5-6,8-12,14,20H,4,7,13,15-17H2/t20-,25-/m0/s1. The summed E-state index contributed by atoms with van der Waals surface area (Å²) in [6.07, 6.45) is 6.75. The molecule has 2 aliphatic heterocycles. The second-order valence-electron chi connectivity index (χ2n) is 8.56. The van der Waals surface area contributed by atoms with Gasteiger partial charge in [-0.15, -0.1) is 11.3 Å². The molecule has 2 aliphatic rings. The van der Waals surface area contributed by atoms with Gasteiger partial charge in [-0.1, -0.05) is 30.3 Å². The van der Waals surface area contributed by atoms with Crippen molar-refractivity contribution in [2.75, 3.05) is 6.54 Å². The van der Waals surface area contributed by atoms with Gasteiger partial charge in [0.25, 0.3) is 0 Å². The lowest BCUT2D eigenvalue weighted by Crippen LogP contribution is -2.43. The van der Waals surface area contributed by atoms with Crippen LogP contribution in [0.2, 0.25) is 0 Å². The van der Waals surface area contributed by atoms with E-state index in [1.165, 1.54) is 4.90 Å². The second-order valence-corrected chi connectivity index (χ2v) is 9.48. The van der Waals surface area contributed by atoms with Crippen LogP contribution in [0, 0.1) is 0 Å². The van der Waals surface area contributed by atoms with Crippen LogP contribution in [0.5, 0.6) is 0 Å². The second kappa shape index (κ2) is 8.86. The molecule has 5 rings (SSSR count). The smallest absolute Gasteiger partial charge is 0.241 e. The van der Waals surface area contributed by atoms with Crippen LogP contribution in [-0.4, -0.2) is 44.0 Å². The zero-order valence-electron chi connectivity index (χ0n) is 18.1. The van der Waals surface area contributed by atoms with Gasteiger partial charge in [-0.3, -0.25) is 24.3 Å². The van der Waals surface area contributed by atoms with E-state index >= 15 is 0 Å². The van der Waals surface area contributed by atoms with Gasteiger partial charge in [0.1, 0.15) is 5.01 Å². The predicted molar refractivity (Wildman–Crippen MR) is 123 cm³/mol. The lowest BCUT2D eigenvalue weighted by molar-refractivity contribution is -0.143. The predicted octanol–water partition coefficient (Wildman–Crippen LogP) is 3.49. The van der Waals surface area contributed by atoms with Gasteiger partial charge in [-0.05, 0) is 36.1 Å². The summed E-state index contributed by atoms with van der Waals surface area (Å²) in [6.45, 7) is 0.811. The summed E-state index contributed by atoms with van der Waals surface area (Å²) in [5.74, 6) is -0.677. The number of amides is 3. The Hall–Kier alpha value is -3.39. The van der Waals surface area contributed by atoms with Gasteiger partial charge in [0.15, 0.2) is 0 Å². The third-order valence-corrected chi connectivity index (χ3v) is 7.46. The minimum absolute atomic E-state index is 0.0115. The Balaban J connectivity index is 1.46. The molecule has 0 spiro atoms. The number of rotatable bonds is 6. The van der Waals surface area contributed by atoms with Crippen LogP contribution in [0.1, 0.15) is 47.9 Å². The van der Waals surface area contributed by atoms with Crippen molar-refractivity contribution in [2.45, 2.75) is 43.7 Å². The van der Waals surface area contributed by atoms with Crippen LogP contribution >= 0.6 is 11.3 Å². The summed E-state index contributed by atoms with van der Waals surface area (Å²) in [7, 11) is 0. The lowest BCUT2D eigenvalue weighted by Gasteiger charge is -2.31. The van der Waals surface area contributed by atoms with E-state index < -0.39 is 5.41 Å². The highest BCUT2D eigenvalue weighted by Gasteiger charge is 2.54. The first kappa shape index (κ1) is 21.5. The number of thiazole rings is 1. The van der Waals surface area contributed by atoms with Crippen molar-refractivity contribution >= 4 is 29.1 Å². The molecule has 0 unspecified atom stereocenters. The van der Waals surface area contributed by atoms with Crippen molar-refractivity contribution in [2.24, 2.45) is 0 Å². The molecule has 2 atom stereocenters. The van der Waals surface area contributed by atoms with Gasteiger partial charge >= 0.3 is 0 Å². The molecule has 0 N–H and O–H groups in total. The molecule has 3 amide bonds. The fourth-order valence-electron chi connectivity index (χ4n) is 4.94. The SMILES string of the molecule is O=C1C[C@@](CC(=O)N2CCC[C@H]2c2nccs2)(c2ccccc2)C(=O)N1Cc1ccncc1. The number of carbonyl (C=O) groups is 3. The average molecular weight is 461 g/mol. The van der Waals surface area contributed by atoms with Crippen LogP contribution in [-0.2, 0) is 26.3 Å². The van der Waals surface area contributed by atoms with Gasteiger partial charge in [0.2, 0.25) is 17.7 Å². The quantitative estimate of drug-likeness (QED) is 0.526. The van der Waals surface area contributed by atoms with Crippen molar-refractivity contribution in [3.05, 3.63) is 82.6 Å². The first-order valence-electron chi connectivity index (χ1n) is 11.1. The fraction of sp³-hybridized carbons (Fsp3) is 0.320. The lowest BCUT2D eigenvalue weighted by atomic mass is 9.75. The van der Waals surface area contributed by atoms with E-state index in [4.69, 9.17) is 0 Å². The summed E-state index contributed by atoms with van der Waals surface area (Å²) in [5.41, 5.74) is 0.336. The number of hydrogen-bond donors (Lipinski definition) is 0. The molecular formula is C25H24N4O3S. The van der Waals surface area contributed by atoms with Crippen molar-refractivity contribution in [1.29, 1.82) is 0 Å². The van der Waals surface area contributed by atoms with Crippen LogP contribution in [0.25, 0.3) is 0 Å². The van der Waals surface area contributed by atoms with E-state index in [9.17, 15) is 14.4 Å². The summed E-state index contributed by atoms with van der Waals surface area (Å²) in [5, 5.41) is 2.83. The number of likely N-dealkylation sites (tertiary alicyclic amines) is 2. The van der Waals surface area contributed by atoms with E-state index in [-0.39, 0.29) is 43.1 Å². The van der Waals surface area contributed by atoms with E-state index in [1.54, 1.807) is 42.1 Å². The first-order chi connectivity index (χ1) is 16.1. The van der Waals surface area contributed by atoms with Crippen molar-refractivity contribution in [1.82, 2.24) is 19.8 Å². The summed E-state index contributed by atoms with van der Waals surface area (Å²) >= 11 is 1.54. The minimum atomic E-state index is -1.20. The molecule has 2 aromatic heterocycles. The molecule has 3 aromatic rings. The third-order valence-electron chi connectivity index (χ3n) is 6.59. The van der Waals surface area contributed by atoms with E-state index in [0.29, 0.717) is 12.1 Å². The maximum atomic E-state index is 13.8. The largest absolute Gasteiger partial charge is 0.333 e. The van der Waals surface area contributed by atoms with Crippen LogP contribution in [0.4, 0.5) is 0 Å². The highest BCUT2D eigenvalue weighted by atomic mass is 32.1. The molecule has 168 valence electrons. The molecule has 8 heteroatoms. The summed E-state index contributed by atoms with van der Waals surface area (Å²) < 4.78 is 0. The van der Waals surface area contributed by atoms with Crippen LogP contribution in [0.3, 0.4) is 0 Å². The number of benzene rings is 1. The topological polar surface area (TPSA) is 83.5 Å². The normalized spacial score (nSPS) is 22.8. The molecule has 7 nitrogen and oxygen atoms in total. The first-order valence-corrected chi connectivity index (χ1v) is 11.9. The molecule has 0 aliphatic carbocycles. The Morgan fingerprint density at radius 2 is 1.88 bits per heavy atom. The average Bonchev–Trinajstić information content (AvgIpc) is 3.58. The molecular weight excluding hydrogens is 436 g/mol. The molecule has 0 bridgehead atoms. The Kier molecular flexibility index (Phi) is 5.76. The highest BCUT2D eigenvalue weighted by Crippen LogP contribution is 2.42. The van der Waals surface area contributed by atoms with Crippen molar-refractivity contribution in [3.63, 3.8) is 0 Å². The fourth-order valence-corrected chi connectivity index (χ4v) is 5.72. The molecule has 2 fully saturated rings. The Morgan fingerprint density at radius 1 is 1.09 bits per heavy atom. The van der Waals surface area contributed by atoms with E-state index in [2.05, 4.69) is 9.97 Å². The van der Waals surface area contributed by atoms with Gasteiger partial charge < -0.3 is 4.90 Å². The number of imide groups is 1. The van der Waals surface area contributed by atoms with Gasteiger partial charge in [0.05, 0.1) is 18.0 Å². The molecule has 2 saturated heterocycles. The van der Waals surface area contributed by atoms with Crippen molar-refractivity contribution in [3.8, 4) is 0 Å². The summed E-state index contributed by atoms with van der Waals surface area (Å²) in [6, 6.07) is 12.8. The monoisotopic (exact) mass is 460 g/mol. The van der Waals surface area contributed by atoms with Crippen LogP contribution in [0.15, 0.2) is 66.4 Å². The molecule has 1 aromatic carbocycles. The summed E-state index contributed by atoms with van der Waals surface area (Å²) in [4.78, 5) is 52.1. The maximum absolute atomic E-state index is 13.8. The number of nitrogens with zero attached hydrogens (tertiary/aromatic N) is 4. The number of pyridine rings is 1. The number of aromatic nitrogens is 2. The van der Waals surface area contributed by atoms with Crippen molar-refractivity contribution < 1.29 is 14.4 Å². The zero-order valence-corrected chi connectivity index (χ0v) is 18.9. The maximum Gasteiger partial charge on any atom is 0.241 e. The third kappa shape index (κ3) is 3.95. The van der Waals surface area contributed by atoms with Crippen LogP contribution < -0.4 is 0 Å². The molecule has 33 heavy (non-hydrogen) atoms. The highest BCUT2D eigenvalue weighted by molar-refractivity contribution is 7.09. The molecule has 0 radical (unpaired) electrons. The Bertz CT molecular complexity index is 1150. The van der Waals surface area contributed by atoms with Gasteiger partial charge in [-0.2, -0.15) is 0 Å². The molecule has 0 saturated carbocycles. The molecule has 4 heterocycles. The number of carbonyl (C=O) groups excluding carboxylic acids is 3. The Labute approximate surface area is 196 Å². The zero-order chi connectivity index (χ0) is 22.8. The van der Waals surface area contributed by atoms with E-state index in [1.807, 2.05) is 40.6 Å².